The van der Waals surface area contributed by atoms with Crippen LogP contribution in [0.15, 0.2) is 0 Å². The number of alkyl halides is 5. The summed E-state index contributed by atoms with van der Waals surface area (Å²) in [6.45, 7) is 0. The average molecular weight is 166 g/mol. The maximum atomic E-state index is 11.5. The van der Waals surface area contributed by atoms with Gasteiger partial charge in [0.05, 0.1) is 0 Å². The number of rotatable bonds is 2. The average Bonchev–Trinajstić information content (AvgIpc) is 1.65. The molecule has 56 valence electrons. The van der Waals surface area contributed by atoms with Crippen LogP contribution in [0.1, 0.15) is 0 Å². The molecule has 1 atom stereocenters. The van der Waals surface area contributed by atoms with E-state index in [0.29, 0.717) is 0 Å². The SMILES string of the molecule is FC(F)C(F)(F)C(F)S. The molecular formula is C3H3F5S. The van der Waals surface area contributed by atoms with Crippen LogP contribution in [0.25, 0.3) is 0 Å². The summed E-state index contributed by atoms with van der Waals surface area (Å²) in [5.41, 5.74) is -3.10. The van der Waals surface area contributed by atoms with Gasteiger partial charge in [-0.15, -0.1) is 12.6 Å². The molecule has 0 spiro atoms. The minimum atomic E-state index is -4.64. The van der Waals surface area contributed by atoms with Gasteiger partial charge in [0.15, 0.2) is 0 Å². The summed E-state index contributed by atoms with van der Waals surface area (Å²) in [4.78, 5) is 0. The zero-order valence-corrected chi connectivity index (χ0v) is 4.89. The molecule has 0 aliphatic heterocycles. The van der Waals surface area contributed by atoms with Gasteiger partial charge in [0.2, 0.25) is 5.50 Å². The number of hydrogen-bond acceptors (Lipinski definition) is 1. The Morgan fingerprint density at radius 2 is 1.44 bits per heavy atom. The Hall–Kier alpha value is -0.0000000000000000555. The van der Waals surface area contributed by atoms with E-state index in [9.17, 15) is 22.0 Å². The maximum absolute atomic E-state index is 11.5. The predicted octanol–water partition coefficient (Wildman–Crippen LogP) is 2.11. The summed E-state index contributed by atoms with van der Waals surface area (Å²) in [6, 6.07) is 0. The van der Waals surface area contributed by atoms with Crippen LogP contribution in [0.5, 0.6) is 0 Å². The Kier molecular flexibility index (Phi) is 2.72. The lowest BCUT2D eigenvalue weighted by Crippen LogP contribution is -2.34. The van der Waals surface area contributed by atoms with Crippen molar-refractivity contribution in [1.29, 1.82) is 0 Å². The zero-order valence-electron chi connectivity index (χ0n) is 3.99. The van der Waals surface area contributed by atoms with Gasteiger partial charge >= 0.3 is 12.3 Å². The Morgan fingerprint density at radius 3 is 1.44 bits per heavy atom. The van der Waals surface area contributed by atoms with Gasteiger partial charge in [-0.2, -0.15) is 8.78 Å². The summed E-state index contributed by atoms with van der Waals surface area (Å²) >= 11 is 2.52. The minimum absolute atomic E-state index is 2.52. The van der Waals surface area contributed by atoms with E-state index in [4.69, 9.17) is 0 Å². The van der Waals surface area contributed by atoms with Crippen LogP contribution in [-0.4, -0.2) is 17.9 Å². The second kappa shape index (κ2) is 2.72. The Labute approximate surface area is 53.5 Å². The fourth-order valence-corrected chi connectivity index (χ4v) is 0.217. The molecular weight excluding hydrogens is 163 g/mol. The largest absolute Gasteiger partial charge is 0.346 e. The van der Waals surface area contributed by atoms with E-state index >= 15 is 0 Å². The fraction of sp³-hybridized carbons (Fsp3) is 1.00. The Balaban J connectivity index is 4.01. The first kappa shape index (κ1) is 9.00. The fourth-order valence-electron chi connectivity index (χ4n) is 0.104. The smallest absolute Gasteiger partial charge is 0.229 e. The summed E-state index contributed by atoms with van der Waals surface area (Å²) in [5, 5.41) is 0. The summed E-state index contributed by atoms with van der Waals surface area (Å²) < 4.78 is 56.3. The van der Waals surface area contributed by atoms with E-state index in [1.54, 1.807) is 0 Å². The lowest BCUT2D eigenvalue weighted by Gasteiger charge is -2.14. The highest BCUT2D eigenvalue weighted by molar-refractivity contribution is 7.80. The minimum Gasteiger partial charge on any atom is -0.229 e. The van der Waals surface area contributed by atoms with Crippen LogP contribution in [0, 0.1) is 0 Å². The van der Waals surface area contributed by atoms with Crippen molar-refractivity contribution in [3.05, 3.63) is 0 Å². The van der Waals surface area contributed by atoms with E-state index in [1.807, 2.05) is 0 Å². The van der Waals surface area contributed by atoms with E-state index in [-0.39, 0.29) is 0 Å². The molecule has 0 aromatic rings. The predicted molar refractivity (Wildman–Crippen MR) is 24.8 cm³/mol. The third kappa shape index (κ3) is 2.00. The van der Waals surface area contributed by atoms with Crippen molar-refractivity contribution in [2.75, 3.05) is 0 Å². The molecule has 0 fully saturated rings. The van der Waals surface area contributed by atoms with Gasteiger partial charge in [0.25, 0.3) is 0 Å². The van der Waals surface area contributed by atoms with E-state index in [2.05, 4.69) is 12.6 Å². The van der Waals surface area contributed by atoms with Gasteiger partial charge in [0.1, 0.15) is 0 Å². The molecule has 0 aromatic carbocycles. The molecule has 1 unspecified atom stereocenters. The van der Waals surface area contributed by atoms with E-state index in [1.165, 1.54) is 0 Å². The molecule has 9 heavy (non-hydrogen) atoms. The number of halogens is 5. The molecule has 0 aliphatic carbocycles. The van der Waals surface area contributed by atoms with Crippen molar-refractivity contribution < 1.29 is 22.0 Å². The molecule has 0 amide bonds. The molecule has 0 aliphatic rings. The zero-order chi connectivity index (χ0) is 7.65. The van der Waals surface area contributed by atoms with Crippen LogP contribution >= 0.6 is 12.6 Å². The maximum Gasteiger partial charge on any atom is 0.346 e. The highest BCUT2D eigenvalue weighted by Gasteiger charge is 2.47. The topological polar surface area (TPSA) is 0 Å². The molecule has 0 saturated heterocycles. The molecule has 0 N–H and O–H groups in total. The Bertz CT molecular complexity index is 80.2. The number of thiol groups is 1. The molecule has 0 heterocycles. The van der Waals surface area contributed by atoms with Crippen LogP contribution < -0.4 is 0 Å². The first-order valence-electron chi connectivity index (χ1n) is 1.87. The lowest BCUT2D eigenvalue weighted by atomic mass is 10.4. The Morgan fingerprint density at radius 1 is 1.11 bits per heavy atom. The summed E-state index contributed by atoms with van der Waals surface area (Å²) in [5.74, 6) is -4.64. The molecule has 0 saturated carbocycles. The van der Waals surface area contributed by atoms with Gasteiger partial charge in [0, 0.05) is 0 Å². The third-order valence-electron chi connectivity index (χ3n) is 0.609. The molecule has 0 rings (SSSR count). The molecule has 0 aromatic heterocycles. The number of hydrogen-bond donors (Lipinski definition) is 1. The van der Waals surface area contributed by atoms with Crippen molar-refractivity contribution in [3.8, 4) is 0 Å². The van der Waals surface area contributed by atoms with Crippen molar-refractivity contribution >= 4 is 12.6 Å². The second-order valence-corrected chi connectivity index (χ2v) is 1.76. The van der Waals surface area contributed by atoms with E-state index < -0.39 is 17.9 Å². The highest BCUT2D eigenvalue weighted by atomic mass is 32.1. The van der Waals surface area contributed by atoms with Crippen LogP contribution in [-0.2, 0) is 0 Å². The lowest BCUT2D eigenvalue weighted by molar-refractivity contribution is -0.148. The van der Waals surface area contributed by atoms with Gasteiger partial charge in [-0.05, 0) is 0 Å². The van der Waals surface area contributed by atoms with Crippen LogP contribution in [0.3, 0.4) is 0 Å². The third-order valence-corrected chi connectivity index (χ3v) is 0.953. The normalized spacial score (nSPS) is 16.3. The molecule has 6 heteroatoms. The van der Waals surface area contributed by atoms with Crippen molar-refractivity contribution in [2.45, 2.75) is 17.9 Å². The van der Waals surface area contributed by atoms with Gasteiger partial charge in [-0.25, -0.2) is 13.2 Å². The second-order valence-electron chi connectivity index (χ2n) is 1.31. The van der Waals surface area contributed by atoms with Gasteiger partial charge in [-0.1, -0.05) is 0 Å². The van der Waals surface area contributed by atoms with Crippen molar-refractivity contribution in [2.24, 2.45) is 0 Å². The standard InChI is InChI=1S/C3H3F5S/c4-1(5)3(7,8)2(6)9/h1-2,9H. The van der Waals surface area contributed by atoms with Crippen LogP contribution in [0.2, 0.25) is 0 Å². The first-order valence-corrected chi connectivity index (χ1v) is 2.38. The monoisotopic (exact) mass is 166 g/mol. The summed E-state index contributed by atoms with van der Waals surface area (Å²) in [7, 11) is 0. The van der Waals surface area contributed by atoms with Gasteiger partial charge in [-0.3, -0.25) is 0 Å². The van der Waals surface area contributed by atoms with Crippen molar-refractivity contribution in [1.82, 2.24) is 0 Å². The molecule has 0 radical (unpaired) electrons. The highest BCUT2D eigenvalue weighted by Crippen LogP contribution is 2.30. The van der Waals surface area contributed by atoms with E-state index in [0.717, 1.165) is 0 Å². The van der Waals surface area contributed by atoms with Crippen molar-refractivity contribution in [3.63, 3.8) is 0 Å². The quantitative estimate of drug-likeness (QED) is 0.471. The summed E-state index contributed by atoms with van der Waals surface area (Å²) in [6.07, 6.45) is -4.00. The first-order chi connectivity index (χ1) is 3.89. The van der Waals surface area contributed by atoms with Gasteiger partial charge < -0.3 is 0 Å². The molecule has 0 bridgehead atoms. The molecule has 0 nitrogen and oxygen atoms in total. The van der Waals surface area contributed by atoms with Crippen LogP contribution in [0.4, 0.5) is 22.0 Å².